The Labute approximate surface area is 105 Å². The second-order valence-electron chi connectivity index (χ2n) is 4.71. The molecule has 1 N–H and O–H groups in total. The van der Waals surface area contributed by atoms with Gasteiger partial charge in [-0.25, -0.2) is 0 Å². The van der Waals surface area contributed by atoms with Crippen molar-refractivity contribution in [1.29, 1.82) is 0 Å². The van der Waals surface area contributed by atoms with Crippen LogP contribution in [-0.4, -0.2) is 35.9 Å². The molecule has 5 heteroatoms. The van der Waals surface area contributed by atoms with Crippen LogP contribution < -0.4 is 9.47 Å². The first-order valence-electron chi connectivity index (χ1n) is 6.03. The summed E-state index contributed by atoms with van der Waals surface area (Å²) in [5.74, 6) is 1.66. The third kappa shape index (κ3) is 2.01. The van der Waals surface area contributed by atoms with E-state index in [0.29, 0.717) is 19.5 Å². The molecule has 2 aliphatic rings. The summed E-state index contributed by atoms with van der Waals surface area (Å²) < 4.78 is 10.6. The fourth-order valence-corrected chi connectivity index (χ4v) is 2.39. The van der Waals surface area contributed by atoms with Gasteiger partial charge in [0, 0.05) is 32.0 Å². The molecule has 1 fully saturated rings. The molecule has 0 bridgehead atoms. The summed E-state index contributed by atoms with van der Waals surface area (Å²) in [5, 5.41) is 9.08. The molecule has 5 nitrogen and oxygen atoms in total. The van der Waals surface area contributed by atoms with Crippen molar-refractivity contribution in [2.75, 3.05) is 19.9 Å². The second kappa shape index (κ2) is 4.49. The van der Waals surface area contributed by atoms with Gasteiger partial charge >= 0.3 is 0 Å². The van der Waals surface area contributed by atoms with Gasteiger partial charge in [0.05, 0.1) is 0 Å². The smallest absolute Gasteiger partial charge is 0.231 e. The Balaban J connectivity index is 1.71. The van der Waals surface area contributed by atoms with Gasteiger partial charge in [0.25, 0.3) is 0 Å². The number of nitrogens with zero attached hydrogens (tertiary/aromatic N) is 1. The van der Waals surface area contributed by atoms with E-state index in [0.717, 1.165) is 17.1 Å². The van der Waals surface area contributed by atoms with E-state index in [4.69, 9.17) is 14.6 Å². The van der Waals surface area contributed by atoms with Crippen LogP contribution in [0.25, 0.3) is 0 Å². The molecule has 2 heterocycles. The minimum Gasteiger partial charge on any atom is -0.454 e. The zero-order valence-corrected chi connectivity index (χ0v) is 9.96. The molecular formula is C13H15NO4. The number of hydrogen-bond donors (Lipinski definition) is 1. The fourth-order valence-electron chi connectivity index (χ4n) is 2.39. The van der Waals surface area contributed by atoms with E-state index in [9.17, 15) is 4.79 Å². The summed E-state index contributed by atoms with van der Waals surface area (Å²) in [5.41, 5.74) is 1.02. The number of carbonyl (C=O) groups excluding carboxylic acids is 1. The lowest BCUT2D eigenvalue weighted by atomic mass is 10.1. The number of fused-ring (bicyclic) bond motifs is 1. The Morgan fingerprint density at radius 3 is 2.94 bits per heavy atom. The number of hydrogen-bond acceptors (Lipinski definition) is 4. The lowest BCUT2D eigenvalue weighted by Gasteiger charge is -2.16. The molecule has 0 radical (unpaired) electrons. The van der Waals surface area contributed by atoms with E-state index in [-0.39, 0.29) is 25.2 Å². The number of aliphatic hydroxyl groups excluding tert-OH is 1. The normalized spacial score (nSPS) is 21.7. The van der Waals surface area contributed by atoms with Crippen molar-refractivity contribution < 1.29 is 19.4 Å². The van der Waals surface area contributed by atoms with Crippen LogP contribution in [0.4, 0.5) is 0 Å². The van der Waals surface area contributed by atoms with Crippen LogP contribution in [0.15, 0.2) is 18.2 Å². The molecule has 1 aromatic rings. The van der Waals surface area contributed by atoms with Gasteiger partial charge in [-0.2, -0.15) is 0 Å². The SMILES string of the molecule is O=C1CC(CO)CN1Cc1ccc2c(c1)OCO2. The third-order valence-corrected chi connectivity index (χ3v) is 3.36. The molecule has 1 aromatic carbocycles. The van der Waals surface area contributed by atoms with E-state index in [1.807, 2.05) is 18.2 Å². The second-order valence-corrected chi connectivity index (χ2v) is 4.71. The number of benzene rings is 1. The molecule has 0 spiro atoms. The molecule has 2 aliphatic heterocycles. The lowest BCUT2D eigenvalue weighted by molar-refractivity contribution is -0.128. The highest BCUT2D eigenvalue weighted by atomic mass is 16.7. The van der Waals surface area contributed by atoms with Crippen molar-refractivity contribution in [1.82, 2.24) is 4.90 Å². The predicted molar refractivity (Wildman–Crippen MR) is 63.2 cm³/mol. The molecule has 0 aromatic heterocycles. The van der Waals surface area contributed by atoms with Gasteiger partial charge in [0.2, 0.25) is 12.7 Å². The third-order valence-electron chi connectivity index (χ3n) is 3.36. The van der Waals surface area contributed by atoms with E-state index in [1.165, 1.54) is 0 Å². The van der Waals surface area contributed by atoms with Crippen molar-refractivity contribution in [3.05, 3.63) is 23.8 Å². The number of aliphatic hydroxyl groups is 1. The minimum absolute atomic E-state index is 0.0728. The average molecular weight is 249 g/mol. The van der Waals surface area contributed by atoms with Crippen molar-refractivity contribution >= 4 is 5.91 Å². The largest absolute Gasteiger partial charge is 0.454 e. The number of rotatable bonds is 3. The van der Waals surface area contributed by atoms with Crippen LogP contribution >= 0.6 is 0 Å². The highest BCUT2D eigenvalue weighted by Gasteiger charge is 2.29. The van der Waals surface area contributed by atoms with Crippen molar-refractivity contribution in [3.8, 4) is 11.5 Å². The summed E-state index contributed by atoms with van der Waals surface area (Å²) in [6, 6.07) is 5.71. The number of carbonyl (C=O) groups is 1. The number of likely N-dealkylation sites (tertiary alicyclic amines) is 1. The van der Waals surface area contributed by atoms with E-state index in [1.54, 1.807) is 4.90 Å². The Kier molecular flexibility index (Phi) is 2.83. The van der Waals surface area contributed by atoms with Gasteiger partial charge in [0.15, 0.2) is 11.5 Å². The highest BCUT2D eigenvalue weighted by Crippen LogP contribution is 2.33. The summed E-state index contributed by atoms with van der Waals surface area (Å²) in [4.78, 5) is 13.5. The Morgan fingerprint density at radius 2 is 2.17 bits per heavy atom. The lowest BCUT2D eigenvalue weighted by Crippen LogP contribution is -2.24. The topological polar surface area (TPSA) is 59.0 Å². The maximum Gasteiger partial charge on any atom is 0.231 e. The van der Waals surface area contributed by atoms with Crippen LogP contribution in [0, 0.1) is 5.92 Å². The van der Waals surface area contributed by atoms with E-state index >= 15 is 0 Å². The zero-order valence-electron chi connectivity index (χ0n) is 9.96. The van der Waals surface area contributed by atoms with Crippen LogP contribution in [-0.2, 0) is 11.3 Å². The van der Waals surface area contributed by atoms with E-state index in [2.05, 4.69) is 0 Å². The monoisotopic (exact) mass is 249 g/mol. The van der Waals surface area contributed by atoms with Gasteiger partial charge < -0.3 is 19.5 Å². The average Bonchev–Trinajstić information content (AvgIpc) is 2.96. The van der Waals surface area contributed by atoms with Gasteiger partial charge in [-0.15, -0.1) is 0 Å². The van der Waals surface area contributed by atoms with Crippen molar-refractivity contribution in [2.24, 2.45) is 5.92 Å². The standard InChI is InChI=1S/C13H15NO4/c15-7-10-4-13(16)14(6-10)5-9-1-2-11-12(3-9)18-8-17-11/h1-3,10,15H,4-8H2. The van der Waals surface area contributed by atoms with Crippen molar-refractivity contribution in [3.63, 3.8) is 0 Å². The van der Waals surface area contributed by atoms with Crippen molar-refractivity contribution in [2.45, 2.75) is 13.0 Å². The van der Waals surface area contributed by atoms with Gasteiger partial charge in [-0.05, 0) is 17.7 Å². The minimum atomic E-state index is 0.0728. The molecule has 3 rings (SSSR count). The molecule has 1 amide bonds. The maximum absolute atomic E-state index is 11.7. The molecular weight excluding hydrogens is 234 g/mol. The van der Waals surface area contributed by atoms with Gasteiger partial charge in [-0.3, -0.25) is 4.79 Å². The first kappa shape index (κ1) is 11.3. The van der Waals surface area contributed by atoms with Crippen LogP contribution in [0.3, 0.4) is 0 Å². The first-order valence-corrected chi connectivity index (χ1v) is 6.03. The summed E-state index contributed by atoms with van der Waals surface area (Å²) in [6.07, 6.45) is 0.445. The Bertz CT molecular complexity index is 474. The van der Waals surface area contributed by atoms with Crippen LogP contribution in [0.2, 0.25) is 0 Å². The van der Waals surface area contributed by atoms with Gasteiger partial charge in [0.1, 0.15) is 0 Å². The summed E-state index contributed by atoms with van der Waals surface area (Å²) in [7, 11) is 0. The molecule has 0 saturated carbocycles. The summed E-state index contributed by atoms with van der Waals surface area (Å²) in [6.45, 7) is 1.52. The van der Waals surface area contributed by atoms with E-state index < -0.39 is 0 Å². The molecule has 0 aliphatic carbocycles. The first-order chi connectivity index (χ1) is 8.76. The highest BCUT2D eigenvalue weighted by molar-refractivity contribution is 5.78. The molecule has 96 valence electrons. The quantitative estimate of drug-likeness (QED) is 0.859. The fraction of sp³-hybridized carbons (Fsp3) is 0.462. The predicted octanol–water partition coefficient (Wildman–Crippen LogP) is 0.756. The van der Waals surface area contributed by atoms with Crippen LogP contribution in [0.5, 0.6) is 11.5 Å². The summed E-state index contributed by atoms with van der Waals surface area (Å²) >= 11 is 0. The number of amides is 1. The Hall–Kier alpha value is -1.75. The molecule has 1 saturated heterocycles. The maximum atomic E-state index is 11.7. The molecule has 1 atom stereocenters. The molecule has 1 unspecified atom stereocenters. The number of ether oxygens (including phenoxy) is 2. The molecule has 18 heavy (non-hydrogen) atoms. The Morgan fingerprint density at radius 1 is 1.33 bits per heavy atom. The zero-order chi connectivity index (χ0) is 12.5. The van der Waals surface area contributed by atoms with Gasteiger partial charge in [-0.1, -0.05) is 6.07 Å². The van der Waals surface area contributed by atoms with Crippen LogP contribution in [0.1, 0.15) is 12.0 Å².